The van der Waals surface area contributed by atoms with Crippen molar-refractivity contribution in [1.82, 2.24) is 5.06 Å². The summed E-state index contributed by atoms with van der Waals surface area (Å²) in [6.07, 6.45) is 0. The maximum absolute atomic E-state index is 12.6. The molecule has 1 atom stereocenters. The second-order valence-electron chi connectivity index (χ2n) is 6.81. The van der Waals surface area contributed by atoms with E-state index < -0.39 is 0 Å². The molecule has 0 spiro atoms. The van der Waals surface area contributed by atoms with Gasteiger partial charge in [0.05, 0.1) is 38.8 Å². The number of amides is 1. The van der Waals surface area contributed by atoms with Crippen LogP contribution in [-0.2, 0) is 20.9 Å². The molecule has 4 rings (SSSR count). The number of morpholine rings is 1. The summed E-state index contributed by atoms with van der Waals surface area (Å²) in [6, 6.07) is 15.2. The highest BCUT2D eigenvalue weighted by Gasteiger charge is 2.28. The van der Waals surface area contributed by atoms with Gasteiger partial charge in [-0.05, 0) is 36.2 Å². The number of hydrogen-bond donors (Lipinski definition) is 0. The first-order valence-electron chi connectivity index (χ1n) is 9.18. The van der Waals surface area contributed by atoms with Crippen LogP contribution in [0.25, 0.3) is 0 Å². The Bertz CT molecular complexity index is 844. The summed E-state index contributed by atoms with van der Waals surface area (Å²) in [4.78, 5) is 32.2. The number of nitrogens with zero attached hydrogens (tertiary/aromatic N) is 2. The smallest absolute Gasteiger partial charge is 0.332 e. The van der Waals surface area contributed by atoms with Crippen molar-refractivity contribution in [1.29, 1.82) is 0 Å². The summed E-state index contributed by atoms with van der Waals surface area (Å²) in [5, 5.41) is 1.65. The Balaban J connectivity index is 1.43. The third-order valence-corrected chi connectivity index (χ3v) is 5.07. The Morgan fingerprint density at radius 1 is 1.07 bits per heavy atom. The molecule has 1 amide bonds. The van der Waals surface area contributed by atoms with E-state index in [-0.39, 0.29) is 17.8 Å². The first-order chi connectivity index (χ1) is 13.1. The fourth-order valence-electron chi connectivity index (χ4n) is 3.39. The Kier molecular flexibility index (Phi) is 4.92. The first-order valence-corrected chi connectivity index (χ1v) is 9.18. The minimum Gasteiger partial charge on any atom is -0.379 e. The van der Waals surface area contributed by atoms with Gasteiger partial charge in [0.1, 0.15) is 0 Å². The van der Waals surface area contributed by atoms with Crippen molar-refractivity contribution in [3.63, 3.8) is 0 Å². The Hall–Kier alpha value is -2.70. The number of hydroxylamine groups is 2. The van der Waals surface area contributed by atoms with Gasteiger partial charge in [0, 0.05) is 11.3 Å². The van der Waals surface area contributed by atoms with E-state index in [1.807, 2.05) is 55.5 Å². The lowest BCUT2D eigenvalue weighted by molar-refractivity contribution is -0.206. The molecule has 0 aliphatic carbocycles. The molecule has 6 heteroatoms. The van der Waals surface area contributed by atoms with Crippen molar-refractivity contribution in [2.24, 2.45) is 0 Å². The van der Waals surface area contributed by atoms with Gasteiger partial charge in [-0.15, -0.1) is 5.06 Å². The lowest BCUT2D eigenvalue weighted by Crippen LogP contribution is -2.38. The molecule has 1 fully saturated rings. The fourth-order valence-corrected chi connectivity index (χ4v) is 3.39. The predicted molar refractivity (Wildman–Crippen MR) is 100 cm³/mol. The fraction of sp³-hybridized carbons (Fsp3) is 0.333. The quantitative estimate of drug-likeness (QED) is 0.833. The van der Waals surface area contributed by atoms with Crippen LogP contribution < -0.4 is 4.90 Å². The molecule has 0 saturated carbocycles. The van der Waals surface area contributed by atoms with Gasteiger partial charge >= 0.3 is 5.97 Å². The zero-order chi connectivity index (χ0) is 18.8. The molecule has 2 aliphatic rings. The van der Waals surface area contributed by atoms with Crippen LogP contribution in [0.3, 0.4) is 0 Å². The molecule has 1 saturated heterocycles. The van der Waals surface area contributed by atoms with E-state index in [1.54, 1.807) is 9.96 Å². The highest BCUT2D eigenvalue weighted by Crippen LogP contribution is 2.29. The number of rotatable bonds is 4. The molecule has 1 unspecified atom stereocenters. The van der Waals surface area contributed by atoms with Crippen LogP contribution in [-0.4, -0.2) is 43.2 Å². The van der Waals surface area contributed by atoms with Gasteiger partial charge in [0.15, 0.2) is 0 Å². The summed E-state index contributed by atoms with van der Waals surface area (Å²) in [5.41, 5.74) is 3.48. The van der Waals surface area contributed by atoms with Gasteiger partial charge in [-0.2, -0.15) is 0 Å². The van der Waals surface area contributed by atoms with Crippen LogP contribution >= 0.6 is 0 Å². The standard InChI is InChI=1S/C21H22N2O4/c1-15(21(25)27-22-10-12-26-13-11-22)16-6-8-18(9-7-16)23-14-17-4-2-3-5-19(17)20(23)24/h2-9,15H,10-14H2,1H3. The molecule has 140 valence electrons. The maximum atomic E-state index is 12.6. The summed E-state index contributed by atoms with van der Waals surface area (Å²) in [7, 11) is 0. The van der Waals surface area contributed by atoms with Crippen molar-refractivity contribution in [2.45, 2.75) is 19.4 Å². The largest absolute Gasteiger partial charge is 0.379 e. The number of hydrogen-bond acceptors (Lipinski definition) is 5. The van der Waals surface area contributed by atoms with Gasteiger partial charge in [-0.1, -0.05) is 30.3 Å². The summed E-state index contributed by atoms with van der Waals surface area (Å²) in [6.45, 7) is 4.73. The average molecular weight is 366 g/mol. The lowest BCUT2D eigenvalue weighted by atomic mass is 10.0. The summed E-state index contributed by atoms with van der Waals surface area (Å²) < 4.78 is 5.26. The van der Waals surface area contributed by atoms with E-state index in [2.05, 4.69) is 0 Å². The molecule has 6 nitrogen and oxygen atoms in total. The summed E-state index contributed by atoms with van der Waals surface area (Å²) in [5.74, 6) is -0.652. The Labute approximate surface area is 158 Å². The molecule has 2 aromatic rings. The van der Waals surface area contributed by atoms with Crippen LogP contribution in [0.5, 0.6) is 0 Å². The van der Waals surface area contributed by atoms with Gasteiger partial charge < -0.3 is 14.5 Å². The van der Waals surface area contributed by atoms with Crippen LogP contribution in [0.4, 0.5) is 5.69 Å². The second kappa shape index (κ2) is 7.50. The van der Waals surface area contributed by atoms with E-state index in [0.29, 0.717) is 32.8 Å². The van der Waals surface area contributed by atoms with Crippen molar-refractivity contribution >= 4 is 17.6 Å². The third-order valence-electron chi connectivity index (χ3n) is 5.07. The normalized spacial score (nSPS) is 18.3. The van der Waals surface area contributed by atoms with E-state index in [1.165, 1.54) is 0 Å². The summed E-state index contributed by atoms with van der Waals surface area (Å²) >= 11 is 0. The van der Waals surface area contributed by atoms with Gasteiger partial charge in [-0.25, -0.2) is 4.79 Å². The Morgan fingerprint density at radius 2 is 1.78 bits per heavy atom. The van der Waals surface area contributed by atoms with Crippen LogP contribution in [0.2, 0.25) is 0 Å². The molecule has 0 aromatic heterocycles. The highest BCUT2D eigenvalue weighted by atomic mass is 16.7. The number of fused-ring (bicyclic) bond motifs is 1. The molecule has 2 aromatic carbocycles. The van der Waals surface area contributed by atoms with Crippen LogP contribution in [0.1, 0.15) is 34.3 Å². The molecule has 2 heterocycles. The number of carbonyl (C=O) groups is 2. The molecule has 0 N–H and O–H groups in total. The minimum absolute atomic E-state index is 0.0122. The van der Waals surface area contributed by atoms with Gasteiger partial charge in [0.25, 0.3) is 5.91 Å². The van der Waals surface area contributed by atoms with E-state index in [9.17, 15) is 9.59 Å². The Morgan fingerprint density at radius 3 is 2.48 bits per heavy atom. The zero-order valence-electron chi connectivity index (χ0n) is 15.3. The van der Waals surface area contributed by atoms with E-state index in [4.69, 9.17) is 9.57 Å². The molecular weight excluding hydrogens is 344 g/mol. The number of anilines is 1. The van der Waals surface area contributed by atoms with Gasteiger partial charge in [-0.3, -0.25) is 4.79 Å². The number of carbonyl (C=O) groups excluding carboxylic acids is 2. The van der Waals surface area contributed by atoms with E-state index >= 15 is 0 Å². The molecule has 0 radical (unpaired) electrons. The maximum Gasteiger partial charge on any atom is 0.332 e. The number of ether oxygens (including phenoxy) is 1. The average Bonchev–Trinajstić information content (AvgIpc) is 3.05. The molecule has 2 aliphatic heterocycles. The van der Waals surface area contributed by atoms with Crippen molar-refractivity contribution in [3.05, 3.63) is 65.2 Å². The van der Waals surface area contributed by atoms with Crippen molar-refractivity contribution in [2.75, 3.05) is 31.2 Å². The minimum atomic E-state index is -0.381. The lowest BCUT2D eigenvalue weighted by Gasteiger charge is -2.26. The first kappa shape index (κ1) is 17.7. The predicted octanol–water partition coefficient (Wildman–Crippen LogP) is 2.74. The van der Waals surface area contributed by atoms with Gasteiger partial charge in [0.2, 0.25) is 0 Å². The molecule has 0 bridgehead atoms. The molecule has 27 heavy (non-hydrogen) atoms. The SMILES string of the molecule is CC(C(=O)ON1CCOCC1)c1ccc(N2Cc3ccccc3C2=O)cc1. The molecular formula is C21H22N2O4. The topological polar surface area (TPSA) is 59.1 Å². The van der Waals surface area contributed by atoms with Crippen LogP contribution in [0, 0.1) is 0 Å². The van der Waals surface area contributed by atoms with Crippen molar-refractivity contribution < 1.29 is 19.2 Å². The third kappa shape index (κ3) is 3.59. The van der Waals surface area contributed by atoms with Crippen LogP contribution in [0.15, 0.2) is 48.5 Å². The van der Waals surface area contributed by atoms with Crippen molar-refractivity contribution in [3.8, 4) is 0 Å². The number of benzene rings is 2. The zero-order valence-corrected chi connectivity index (χ0v) is 15.3. The monoisotopic (exact) mass is 366 g/mol. The highest BCUT2D eigenvalue weighted by molar-refractivity contribution is 6.09. The van der Waals surface area contributed by atoms with E-state index in [0.717, 1.165) is 22.4 Å². The second-order valence-corrected chi connectivity index (χ2v) is 6.81.